The molecule has 5 heteroatoms. The third-order valence-corrected chi connectivity index (χ3v) is 4.24. The van der Waals surface area contributed by atoms with Crippen LogP contribution in [-0.2, 0) is 4.79 Å². The van der Waals surface area contributed by atoms with Crippen molar-refractivity contribution in [3.63, 3.8) is 0 Å². The predicted molar refractivity (Wildman–Crippen MR) is 70.8 cm³/mol. The van der Waals surface area contributed by atoms with Crippen molar-refractivity contribution in [3.8, 4) is 0 Å². The van der Waals surface area contributed by atoms with Crippen LogP contribution in [0.15, 0.2) is 18.2 Å². The lowest BCUT2D eigenvalue weighted by atomic mass is 10.1. The van der Waals surface area contributed by atoms with E-state index >= 15 is 0 Å². The lowest BCUT2D eigenvalue weighted by molar-refractivity contribution is -0.118. The van der Waals surface area contributed by atoms with E-state index in [2.05, 4.69) is 5.32 Å². The monoisotopic (exact) mass is 260 g/mol. The third kappa shape index (κ3) is 2.05. The first-order chi connectivity index (χ1) is 9.08. The highest BCUT2D eigenvalue weighted by Gasteiger charge is 2.56. The molecule has 1 aromatic carbocycles. The number of aromatic carboxylic acids is 1. The molecule has 0 saturated heterocycles. The van der Waals surface area contributed by atoms with Crippen LogP contribution in [0.3, 0.4) is 0 Å². The maximum Gasteiger partial charge on any atom is 0.337 e. The minimum Gasteiger partial charge on any atom is -0.478 e. The van der Waals surface area contributed by atoms with E-state index in [0.29, 0.717) is 23.2 Å². The van der Waals surface area contributed by atoms with Crippen molar-refractivity contribution in [2.75, 3.05) is 11.1 Å². The summed E-state index contributed by atoms with van der Waals surface area (Å²) in [6, 6.07) is 4.44. The number of amides is 1. The highest BCUT2D eigenvalue weighted by atomic mass is 16.4. The fourth-order valence-corrected chi connectivity index (χ4v) is 3.28. The summed E-state index contributed by atoms with van der Waals surface area (Å²) in [4.78, 5) is 23.2. The van der Waals surface area contributed by atoms with Crippen molar-refractivity contribution in [2.24, 2.45) is 17.8 Å². The zero-order chi connectivity index (χ0) is 13.6. The van der Waals surface area contributed by atoms with Crippen LogP contribution in [0, 0.1) is 17.8 Å². The average Bonchev–Trinajstić information content (AvgIpc) is 2.83. The normalized spacial score (nSPS) is 27.7. The molecule has 3 rings (SSSR count). The van der Waals surface area contributed by atoms with Crippen molar-refractivity contribution in [1.82, 2.24) is 0 Å². The Morgan fingerprint density at radius 3 is 2.58 bits per heavy atom. The standard InChI is InChI=1S/C14H16N2O3/c15-7-4-5-10(14(18)19)11(6-7)16-13(17)12-8-2-1-3-9(8)12/h4-6,8-9,12H,1-3,15H2,(H,16,17)(H,18,19). The van der Waals surface area contributed by atoms with Crippen molar-refractivity contribution in [1.29, 1.82) is 0 Å². The van der Waals surface area contributed by atoms with Crippen molar-refractivity contribution in [3.05, 3.63) is 23.8 Å². The molecule has 19 heavy (non-hydrogen) atoms. The molecule has 2 unspecified atom stereocenters. The number of anilines is 2. The summed E-state index contributed by atoms with van der Waals surface area (Å²) >= 11 is 0. The Balaban J connectivity index is 1.77. The molecule has 0 bridgehead atoms. The van der Waals surface area contributed by atoms with Gasteiger partial charge in [0.25, 0.3) is 0 Å². The van der Waals surface area contributed by atoms with Gasteiger partial charge in [0.1, 0.15) is 0 Å². The molecule has 2 fully saturated rings. The maximum absolute atomic E-state index is 12.1. The van der Waals surface area contributed by atoms with Crippen molar-refractivity contribution in [2.45, 2.75) is 19.3 Å². The molecule has 5 nitrogen and oxygen atoms in total. The molecule has 0 aliphatic heterocycles. The Morgan fingerprint density at radius 2 is 1.95 bits per heavy atom. The molecular weight excluding hydrogens is 244 g/mol. The number of fused-ring (bicyclic) bond motifs is 1. The SMILES string of the molecule is Nc1ccc(C(=O)O)c(NC(=O)C2C3CCCC32)c1. The summed E-state index contributed by atoms with van der Waals surface area (Å²) in [6.45, 7) is 0. The highest BCUT2D eigenvalue weighted by molar-refractivity contribution is 6.02. The lowest BCUT2D eigenvalue weighted by Gasteiger charge is -2.10. The number of hydrogen-bond acceptors (Lipinski definition) is 3. The van der Waals surface area contributed by atoms with E-state index in [0.717, 1.165) is 12.8 Å². The summed E-state index contributed by atoms with van der Waals surface area (Å²) < 4.78 is 0. The average molecular weight is 260 g/mol. The van der Waals surface area contributed by atoms with Gasteiger partial charge in [-0.3, -0.25) is 4.79 Å². The number of carbonyl (C=O) groups is 2. The maximum atomic E-state index is 12.1. The van der Waals surface area contributed by atoms with Crippen LogP contribution in [-0.4, -0.2) is 17.0 Å². The molecule has 2 aliphatic rings. The molecule has 1 amide bonds. The van der Waals surface area contributed by atoms with E-state index < -0.39 is 5.97 Å². The predicted octanol–water partition coefficient (Wildman–Crippen LogP) is 1.95. The second kappa shape index (κ2) is 4.26. The van der Waals surface area contributed by atoms with Gasteiger partial charge in [0.2, 0.25) is 5.91 Å². The molecule has 2 aliphatic carbocycles. The van der Waals surface area contributed by atoms with Crippen LogP contribution < -0.4 is 11.1 Å². The second-order valence-corrected chi connectivity index (χ2v) is 5.38. The molecule has 0 radical (unpaired) electrons. The quantitative estimate of drug-likeness (QED) is 0.724. The van der Waals surface area contributed by atoms with Crippen LogP contribution in [0.2, 0.25) is 0 Å². The van der Waals surface area contributed by atoms with Gasteiger partial charge in [-0.2, -0.15) is 0 Å². The fourth-order valence-electron chi connectivity index (χ4n) is 3.28. The van der Waals surface area contributed by atoms with Gasteiger partial charge in [-0.1, -0.05) is 6.42 Å². The number of rotatable bonds is 3. The molecular formula is C14H16N2O3. The van der Waals surface area contributed by atoms with Gasteiger partial charge in [0.15, 0.2) is 0 Å². The highest BCUT2D eigenvalue weighted by Crippen LogP contribution is 2.57. The zero-order valence-corrected chi connectivity index (χ0v) is 10.4. The topological polar surface area (TPSA) is 92.4 Å². The van der Waals surface area contributed by atoms with Gasteiger partial charge in [-0.15, -0.1) is 0 Å². The second-order valence-electron chi connectivity index (χ2n) is 5.38. The van der Waals surface area contributed by atoms with E-state index in [1.165, 1.54) is 24.6 Å². The molecule has 2 atom stereocenters. The number of carbonyl (C=O) groups excluding carboxylic acids is 1. The first kappa shape index (κ1) is 12.0. The minimum absolute atomic E-state index is 0.0665. The number of nitrogens with two attached hydrogens (primary N) is 1. The Hall–Kier alpha value is -2.04. The molecule has 4 N–H and O–H groups in total. The summed E-state index contributed by atoms with van der Waals surface area (Å²) in [7, 11) is 0. The summed E-state index contributed by atoms with van der Waals surface area (Å²) in [5.74, 6) is -0.0467. The molecule has 0 aromatic heterocycles. The van der Waals surface area contributed by atoms with Gasteiger partial charge >= 0.3 is 5.97 Å². The number of nitrogen functional groups attached to an aromatic ring is 1. The van der Waals surface area contributed by atoms with Crippen LogP contribution in [0.1, 0.15) is 29.6 Å². The van der Waals surface area contributed by atoms with Crippen molar-refractivity contribution >= 4 is 23.3 Å². The van der Waals surface area contributed by atoms with E-state index in [-0.39, 0.29) is 17.4 Å². The van der Waals surface area contributed by atoms with Gasteiger partial charge in [0.05, 0.1) is 11.3 Å². The summed E-state index contributed by atoms with van der Waals surface area (Å²) in [5.41, 5.74) is 6.45. The summed E-state index contributed by atoms with van der Waals surface area (Å²) in [5, 5.41) is 11.8. The van der Waals surface area contributed by atoms with Gasteiger partial charge in [0, 0.05) is 11.6 Å². The molecule has 1 aromatic rings. The van der Waals surface area contributed by atoms with E-state index in [9.17, 15) is 9.59 Å². The van der Waals surface area contributed by atoms with Crippen LogP contribution in [0.4, 0.5) is 11.4 Å². The number of nitrogens with one attached hydrogen (secondary N) is 1. The van der Waals surface area contributed by atoms with Crippen LogP contribution in [0.5, 0.6) is 0 Å². The third-order valence-electron chi connectivity index (χ3n) is 4.24. The first-order valence-corrected chi connectivity index (χ1v) is 6.51. The Bertz CT molecular complexity index is 546. The Labute approximate surface area is 110 Å². The fraction of sp³-hybridized carbons (Fsp3) is 0.429. The van der Waals surface area contributed by atoms with Crippen LogP contribution >= 0.6 is 0 Å². The van der Waals surface area contributed by atoms with Gasteiger partial charge in [-0.25, -0.2) is 4.79 Å². The molecule has 2 saturated carbocycles. The lowest BCUT2D eigenvalue weighted by Crippen LogP contribution is -2.18. The van der Waals surface area contributed by atoms with Crippen molar-refractivity contribution < 1.29 is 14.7 Å². The zero-order valence-electron chi connectivity index (χ0n) is 10.4. The number of carboxylic acid groups (broad SMARTS) is 1. The summed E-state index contributed by atoms with van der Waals surface area (Å²) in [6.07, 6.45) is 3.44. The molecule has 0 heterocycles. The molecule has 0 spiro atoms. The first-order valence-electron chi connectivity index (χ1n) is 6.51. The Morgan fingerprint density at radius 1 is 1.26 bits per heavy atom. The van der Waals surface area contributed by atoms with Gasteiger partial charge < -0.3 is 16.2 Å². The van der Waals surface area contributed by atoms with E-state index in [1.807, 2.05) is 0 Å². The van der Waals surface area contributed by atoms with E-state index in [1.54, 1.807) is 0 Å². The Kier molecular flexibility index (Phi) is 2.69. The number of carboxylic acids is 1. The number of benzene rings is 1. The van der Waals surface area contributed by atoms with E-state index in [4.69, 9.17) is 10.8 Å². The molecule has 100 valence electrons. The number of hydrogen-bond donors (Lipinski definition) is 3. The van der Waals surface area contributed by atoms with Gasteiger partial charge in [-0.05, 0) is 42.9 Å². The van der Waals surface area contributed by atoms with Crippen LogP contribution in [0.25, 0.3) is 0 Å². The smallest absolute Gasteiger partial charge is 0.337 e. The largest absolute Gasteiger partial charge is 0.478 e. The minimum atomic E-state index is -1.06.